The number of carboxylic acids is 7. The molecule has 0 spiro atoms. The molecule has 0 aliphatic rings. The highest BCUT2D eigenvalue weighted by molar-refractivity contribution is 5.73. The first-order valence-electron chi connectivity index (χ1n) is 12.3. The van der Waals surface area contributed by atoms with E-state index in [4.69, 9.17) is 35.7 Å². The van der Waals surface area contributed by atoms with Crippen LogP contribution in [0.4, 0.5) is 0 Å². The predicted molar refractivity (Wildman–Crippen MR) is 135 cm³/mol. The van der Waals surface area contributed by atoms with Gasteiger partial charge in [-0.25, -0.2) is 0 Å². The van der Waals surface area contributed by atoms with Gasteiger partial charge in [0.15, 0.2) is 0 Å². The van der Waals surface area contributed by atoms with Gasteiger partial charge in [0.25, 0.3) is 0 Å². The van der Waals surface area contributed by atoms with Crippen molar-refractivity contribution in [2.45, 2.75) is 44.9 Å². The second-order valence-corrected chi connectivity index (χ2v) is 8.72. The van der Waals surface area contributed by atoms with Crippen LogP contribution < -0.4 is 0 Å². The van der Waals surface area contributed by atoms with Gasteiger partial charge in [0.2, 0.25) is 0 Å². The van der Waals surface area contributed by atoms with Gasteiger partial charge in [-0.05, 0) is 12.8 Å². The van der Waals surface area contributed by atoms with Crippen LogP contribution in [0.5, 0.6) is 0 Å². The molecule has 0 atom stereocenters. The predicted octanol–water partition coefficient (Wildman–Crippen LogP) is -0.798. The van der Waals surface area contributed by atoms with Crippen LogP contribution in [0.1, 0.15) is 44.9 Å². The van der Waals surface area contributed by atoms with Gasteiger partial charge in [0.05, 0.1) is 32.7 Å². The van der Waals surface area contributed by atoms with E-state index in [2.05, 4.69) is 0 Å². The van der Waals surface area contributed by atoms with Gasteiger partial charge in [-0.3, -0.25) is 48.3 Å². The lowest BCUT2D eigenvalue weighted by atomic mass is 10.1. The number of hydrogen-bond acceptors (Lipinski definition) is 10. The van der Waals surface area contributed by atoms with Gasteiger partial charge in [-0.2, -0.15) is 0 Å². The number of aliphatic carboxylic acids is 7. The van der Waals surface area contributed by atoms with Crippen LogP contribution in [0.2, 0.25) is 0 Å². The maximum Gasteiger partial charge on any atom is 0.317 e. The Bertz CT molecular complexity index is 746. The molecule has 17 heteroatoms. The summed E-state index contributed by atoms with van der Waals surface area (Å²) in [5, 5.41) is 60.7. The molecule has 0 aromatic heterocycles. The zero-order valence-electron chi connectivity index (χ0n) is 22.1. The quantitative estimate of drug-likeness (QED) is 0.0687. The second kappa shape index (κ2) is 23.1. The molecule has 230 valence electrons. The molecule has 0 aliphatic heterocycles. The Morgan fingerprint density at radius 1 is 0.325 bits per heavy atom. The van der Waals surface area contributed by atoms with Crippen LogP contribution in [-0.2, 0) is 33.6 Å². The summed E-state index contributed by atoms with van der Waals surface area (Å²) >= 11 is 0. The Labute approximate surface area is 230 Å². The zero-order valence-corrected chi connectivity index (χ0v) is 22.1. The van der Waals surface area contributed by atoms with E-state index in [9.17, 15) is 33.6 Å². The van der Waals surface area contributed by atoms with Crippen molar-refractivity contribution in [2.24, 2.45) is 0 Å². The molecular formula is C23H39N3O14. The van der Waals surface area contributed by atoms with E-state index < -0.39 is 74.5 Å². The molecule has 0 amide bonds. The Balaban J connectivity index is 0. The first kappa shape index (κ1) is 38.3. The van der Waals surface area contributed by atoms with E-state index >= 15 is 0 Å². The molecule has 7 N–H and O–H groups in total. The van der Waals surface area contributed by atoms with Crippen molar-refractivity contribution in [1.29, 1.82) is 0 Å². The van der Waals surface area contributed by atoms with Crippen molar-refractivity contribution in [2.75, 3.05) is 58.9 Å². The van der Waals surface area contributed by atoms with Crippen LogP contribution in [0.25, 0.3) is 0 Å². The molecule has 0 bridgehead atoms. The molecule has 0 radical (unpaired) electrons. The van der Waals surface area contributed by atoms with Gasteiger partial charge in [0.1, 0.15) is 0 Å². The molecule has 17 nitrogen and oxygen atoms in total. The smallest absolute Gasteiger partial charge is 0.317 e. The minimum Gasteiger partial charge on any atom is -0.481 e. The normalized spacial score (nSPS) is 10.7. The fraction of sp³-hybridized carbons (Fsp3) is 0.696. The first-order chi connectivity index (χ1) is 18.6. The zero-order chi connectivity index (χ0) is 31.1. The van der Waals surface area contributed by atoms with Crippen molar-refractivity contribution in [3.05, 3.63) is 0 Å². The molecule has 0 rings (SSSR count). The third-order valence-corrected chi connectivity index (χ3v) is 5.04. The number of carbonyl (C=O) groups is 7. The lowest BCUT2D eigenvalue weighted by Gasteiger charge is -2.27. The Kier molecular flexibility index (Phi) is 22.1. The number of nitrogens with zero attached hydrogens (tertiary/aromatic N) is 3. The topological polar surface area (TPSA) is 271 Å². The van der Waals surface area contributed by atoms with E-state index in [1.807, 2.05) is 0 Å². The highest BCUT2D eigenvalue weighted by Gasteiger charge is 2.19. The highest BCUT2D eigenvalue weighted by Crippen LogP contribution is 2.07. The van der Waals surface area contributed by atoms with Crippen molar-refractivity contribution in [3.8, 4) is 0 Å². The summed E-state index contributed by atoms with van der Waals surface area (Å²) in [6.45, 7) is -2.74. The first-order valence-corrected chi connectivity index (χ1v) is 12.3. The van der Waals surface area contributed by atoms with Crippen LogP contribution in [-0.4, -0.2) is 151 Å². The van der Waals surface area contributed by atoms with Crippen molar-refractivity contribution >= 4 is 41.8 Å². The standard InChI is InChI=1S/C14H23N3O10.C9H16O4/c18-10(19)5-15(1-3-16(6-11(20)21)7-12(22)23)2-4-17(8-13(24)25)9-14(26)27;10-8(11)6-4-2-1-3-5-7-9(12)13/h1-9H2,(H,18,19)(H,20,21)(H,22,23)(H,24,25)(H,26,27);1-7H2,(H,10,11)(H,12,13). The number of rotatable bonds is 24. The number of carboxylic acid groups (broad SMARTS) is 7. The van der Waals surface area contributed by atoms with Crippen LogP contribution in [0, 0.1) is 0 Å². The summed E-state index contributed by atoms with van der Waals surface area (Å²) in [4.78, 5) is 77.8. The lowest BCUT2D eigenvalue weighted by Crippen LogP contribution is -2.45. The van der Waals surface area contributed by atoms with Crippen molar-refractivity contribution in [3.63, 3.8) is 0 Å². The fourth-order valence-corrected chi connectivity index (χ4v) is 3.30. The van der Waals surface area contributed by atoms with E-state index in [1.165, 1.54) is 4.90 Å². The van der Waals surface area contributed by atoms with Gasteiger partial charge >= 0.3 is 41.8 Å². The average molecular weight is 582 g/mol. The maximum atomic E-state index is 11.0. The van der Waals surface area contributed by atoms with Crippen molar-refractivity contribution in [1.82, 2.24) is 14.7 Å². The van der Waals surface area contributed by atoms with Crippen molar-refractivity contribution < 1.29 is 69.3 Å². The monoisotopic (exact) mass is 581 g/mol. The molecule has 0 saturated heterocycles. The van der Waals surface area contributed by atoms with E-state index in [0.29, 0.717) is 12.8 Å². The molecule has 0 heterocycles. The van der Waals surface area contributed by atoms with E-state index in [-0.39, 0.29) is 39.0 Å². The van der Waals surface area contributed by atoms with Gasteiger partial charge < -0.3 is 35.7 Å². The van der Waals surface area contributed by atoms with Gasteiger partial charge in [-0.15, -0.1) is 0 Å². The Hall–Kier alpha value is -3.83. The van der Waals surface area contributed by atoms with Gasteiger partial charge in [-0.1, -0.05) is 19.3 Å². The number of unbranched alkanes of at least 4 members (excludes halogenated alkanes) is 4. The second-order valence-electron chi connectivity index (χ2n) is 8.72. The van der Waals surface area contributed by atoms with Crippen LogP contribution in [0.15, 0.2) is 0 Å². The third kappa shape index (κ3) is 28.7. The van der Waals surface area contributed by atoms with Crippen LogP contribution in [0.3, 0.4) is 0 Å². The maximum absolute atomic E-state index is 11.0. The molecule has 0 fully saturated rings. The van der Waals surface area contributed by atoms with E-state index in [0.717, 1.165) is 29.1 Å². The lowest BCUT2D eigenvalue weighted by molar-refractivity contribution is -0.143. The molecule has 0 saturated carbocycles. The average Bonchev–Trinajstić information content (AvgIpc) is 2.78. The molecule has 0 aromatic carbocycles. The van der Waals surface area contributed by atoms with Gasteiger partial charge in [0, 0.05) is 39.0 Å². The summed E-state index contributed by atoms with van der Waals surface area (Å²) in [7, 11) is 0. The summed E-state index contributed by atoms with van der Waals surface area (Å²) in [5.74, 6) is -7.67. The molecular weight excluding hydrogens is 542 g/mol. The summed E-state index contributed by atoms with van der Waals surface area (Å²) in [6.07, 6.45) is 4.53. The molecule has 0 unspecified atom stereocenters. The molecule has 0 aliphatic carbocycles. The summed E-state index contributed by atoms with van der Waals surface area (Å²) in [5.41, 5.74) is 0. The minimum absolute atomic E-state index is 0.000836. The summed E-state index contributed by atoms with van der Waals surface area (Å²) < 4.78 is 0. The minimum atomic E-state index is -1.24. The third-order valence-electron chi connectivity index (χ3n) is 5.04. The molecule has 40 heavy (non-hydrogen) atoms. The number of hydrogen-bond donors (Lipinski definition) is 7. The summed E-state index contributed by atoms with van der Waals surface area (Å²) in [6, 6.07) is 0. The largest absolute Gasteiger partial charge is 0.481 e. The Morgan fingerprint density at radius 2 is 0.550 bits per heavy atom. The SMILES string of the molecule is O=C(O)CCCCCCCC(=O)O.O=C(O)CN(CCN(CC(=O)O)CC(=O)O)CCN(CC(=O)O)CC(=O)O. The fourth-order valence-electron chi connectivity index (χ4n) is 3.30. The molecule has 0 aromatic rings. The van der Waals surface area contributed by atoms with Crippen LogP contribution >= 0.6 is 0 Å². The van der Waals surface area contributed by atoms with E-state index in [1.54, 1.807) is 0 Å². The highest BCUT2D eigenvalue weighted by atomic mass is 16.4. The Morgan fingerprint density at radius 3 is 0.800 bits per heavy atom.